The average molecular weight is 363 g/mol. The largest absolute Gasteiger partial charge is 0.726 e. The average Bonchev–Trinajstić information content (AvgIpc) is 2.96. The number of quaternary nitrogens is 1. The lowest BCUT2D eigenvalue weighted by atomic mass is 10.1. The first-order valence-electron chi connectivity index (χ1n) is 8.91. The molecule has 0 N–H and O–H groups in total. The van der Waals surface area contributed by atoms with Crippen LogP contribution in [0.2, 0.25) is 0 Å². The molecule has 1 unspecified atom stereocenters. The molecule has 1 atom stereocenters. The third-order valence-electron chi connectivity index (χ3n) is 4.02. The number of hydrogen-bond acceptors (Lipinski definition) is 5. The van der Waals surface area contributed by atoms with Crippen molar-refractivity contribution >= 4 is 16.7 Å². The van der Waals surface area contributed by atoms with Gasteiger partial charge in [0.1, 0.15) is 6.20 Å². The third kappa shape index (κ3) is 14.8. The molecule has 1 aliphatic rings. The molecule has 0 aromatic heterocycles. The molecule has 0 fully saturated rings. The Kier molecular flexibility index (Phi) is 13.1. The summed E-state index contributed by atoms with van der Waals surface area (Å²) in [4.78, 5) is 4.17. The summed E-state index contributed by atoms with van der Waals surface area (Å²) in [6.07, 6.45) is 20.2. The van der Waals surface area contributed by atoms with Gasteiger partial charge in [0.2, 0.25) is 10.4 Å². The van der Waals surface area contributed by atoms with E-state index in [1.165, 1.54) is 70.8 Å². The lowest BCUT2D eigenvalue weighted by molar-refractivity contribution is -0.756. The highest BCUT2D eigenvalue weighted by Crippen LogP contribution is 2.13. The Bertz CT molecular complexity index is 449. The second kappa shape index (κ2) is 13.5. The van der Waals surface area contributed by atoms with Crippen LogP contribution in [0.25, 0.3) is 0 Å². The van der Waals surface area contributed by atoms with Gasteiger partial charge in [-0.15, -0.1) is 0 Å². The molecule has 0 saturated heterocycles. The summed E-state index contributed by atoms with van der Waals surface area (Å²) in [7, 11) is -1.38. The van der Waals surface area contributed by atoms with Gasteiger partial charge < -0.3 is 4.55 Å². The molecule has 0 amide bonds. The van der Waals surface area contributed by atoms with Gasteiger partial charge in [-0.1, -0.05) is 58.3 Å². The van der Waals surface area contributed by atoms with Gasteiger partial charge in [0.25, 0.3) is 0 Å². The topological polar surface area (TPSA) is 78.8 Å². The molecular formula is C17H34N2O4S. The number of hydrogen-bond donors (Lipinski definition) is 0. The van der Waals surface area contributed by atoms with Crippen LogP contribution in [0.4, 0.5) is 0 Å². The fraction of sp³-hybridized carbons (Fsp3) is 0.824. The van der Waals surface area contributed by atoms with Crippen LogP contribution in [0, 0.1) is 0 Å². The number of unbranched alkanes of at least 4 members (excludes halogenated alkanes) is 9. The van der Waals surface area contributed by atoms with Gasteiger partial charge in [-0.05, 0) is 12.8 Å². The highest BCUT2D eigenvalue weighted by molar-refractivity contribution is 7.80. The van der Waals surface area contributed by atoms with Gasteiger partial charge in [0.15, 0.2) is 6.34 Å². The summed E-state index contributed by atoms with van der Waals surface area (Å²) in [5.41, 5.74) is 0. The minimum Gasteiger partial charge on any atom is -0.726 e. The maximum Gasteiger partial charge on any atom is 0.217 e. The van der Waals surface area contributed by atoms with Gasteiger partial charge in [0.05, 0.1) is 26.9 Å². The summed E-state index contributed by atoms with van der Waals surface area (Å²) in [5.74, 6) is 0. The fourth-order valence-electron chi connectivity index (χ4n) is 2.49. The number of nitrogens with zero attached hydrogens (tertiary/aromatic N) is 2. The first-order chi connectivity index (χ1) is 11.3. The molecule has 142 valence electrons. The van der Waals surface area contributed by atoms with Crippen molar-refractivity contribution in [3.05, 3.63) is 12.4 Å². The minimum absolute atomic E-state index is 0.808. The van der Waals surface area contributed by atoms with E-state index in [2.05, 4.69) is 29.3 Å². The van der Waals surface area contributed by atoms with Crippen molar-refractivity contribution in [1.82, 2.24) is 0 Å². The van der Waals surface area contributed by atoms with Gasteiger partial charge in [-0.25, -0.2) is 13.4 Å². The first-order valence-corrected chi connectivity index (χ1v) is 10.2. The van der Waals surface area contributed by atoms with E-state index in [1.54, 1.807) is 0 Å². The van der Waals surface area contributed by atoms with E-state index in [4.69, 9.17) is 0 Å². The Morgan fingerprint density at radius 2 is 1.46 bits per heavy atom. The van der Waals surface area contributed by atoms with E-state index in [-0.39, 0.29) is 0 Å². The van der Waals surface area contributed by atoms with E-state index in [0.717, 1.165) is 11.6 Å². The Hall–Kier alpha value is -0.760. The Morgan fingerprint density at radius 3 is 1.83 bits per heavy atom. The van der Waals surface area contributed by atoms with Crippen molar-refractivity contribution < 1.29 is 21.6 Å². The summed E-state index contributed by atoms with van der Waals surface area (Å²) >= 11 is 0. The molecule has 0 bridgehead atoms. The molecule has 7 heteroatoms. The second-order valence-corrected chi connectivity index (χ2v) is 7.54. The highest BCUT2D eigenvalue weighted by atomic mass is 32.3. The molecule has 0 aromatic rings. The normalized spacial score (nSPS) is 19.3. The van der Waals surface area contributed by atoms with Crippen LogP contribution in [0.1, 0.15) is 71.1 Å². The first kappa shape index (κ1) is 23.2. The molecule has 1 heterocycles. The number of aliphatic imine (C=N–C) groups is 1. The fourth-order valence-corrected chi connectivity index (χ4v) is 2.49. The van der Waals surface area contributed by atoms with Gasteiger partial charge in [0, 0.05) is 0 Å². The molecule has 6 nitrogen and oxygen atoms in total. The third-order valence-corrected chi connectivity index (χ3v) is 4.43. The van der Waals surface area contributed by atoms with Crippen LogP contribution < -0.4 is 0 Å². The van der Waals surface area contributed by atoms with Crippen molar-refractivity contribution in [3.63, 3.8) is 0 Å². The standard InChI is InChI=1S/C16H31N2.CH4O4S/c1-3-4-5-6-7-8-9-10-11-12-14-18(2)15-13-17-16-18;1-5-6(2,3)4/h13,15-16H,3-12,14H2,1-2H3;1H3,(H,2,3,4)/q+1;/p-1. The van der Waals surface area contributed by atoms with Crippen molar-refractivity contribution in [2.24, 2.45) is 4.99 Å². The monoisotopic (exact) mass is 362 g/mol. The van der Waals surface area contributed by atoms with Crippen LogP contribution in [0.3, 0.4) is 0 Å². The lowest BCUT2D eigenvalue weighted by Gasteiger charge is -2.21. The van der Waals surface area contributed by atoms with E-state index < -0.39 is 10.4 Å². The van der Waals surface area contributed by atoms with Gasteiger partial charge in [-0.2, -0.15) is 0 Å². The van der Waals surface area contributed by atoms with Gasteiger partial charge >= 0.3 is 0 Å². The maximum atomic E-state index is 9.22. The van der Waals surface area contributed by atoms with Crippen molar-refractivity contribution in [1.29, 1.82) is 0 Å². The minimum atomic E-state index is -4.41. The molecule has 0 aromatic carbocycles. The molecule has 1 aliphatic heterocycles. The summed E-state index contributed by atoms with van der Waals surface area (Å²) in [6, 6.07) is 0. The maximum absolute atomic E-state index is 9.22. The van der Waals surface area contributed by atoms with Crippen molar-refractivity contribution in [3.8, 4) is 0 Å². The second-order valence-electron chi connectivity index (χ2n) is 6.39. The predicted molar refractivity (Wildman–Crippen MR) is 97.2 cm³/mol. The van der Waals surface area contributed by atoms with Crippen LogP contribution in [-0.4, -0.2) is 44.5 Å². The molecule has 0 saturated carbocycles. The van der Waals surface area contributed by atoms with Crippen LogP contribution in [0.15, 0.2) is 17.4 Å². The van der Waals surface area contributed by atoms with E-state index in [0.29, 0.717) is 0 Å². The zero-order valence-corrected chi connectivity index (χ0v) is 16.3. The zero-order valence-electron chi connectivity index (χ0n) is 15.4. The van der Waals surface area contributed by atoms with E-state index in [9.17, 15) is 13.0 Å². The Morgan fingerprint density at radius 1 is 1.00 bits per heavy atom. The molecular weight excluding hydrogens is 328 g/mol. The molecule has 0 radical (unpaired) electrons. The van der Waals surface area contributed by atoms with Crippen LogP contribution in [0.5, 0.6) is 0 Å². The number of rotatable bonds is 12. The van der Waals surface area contributed by atoms with E-state index in [1.807, 2.05) is 12.5 Å². The molecule has 0 spiro atoms. The van der Waals surface area contributed by atoms with Crippen LogP contribution in [-0.2, 0) is 14.6 Å². The van der Waals surface area contributed by atoms with Crippen LogP contribution >= 0.6 is 0 Å². The quantitative estimate of drug-likeness (QED) is 0.228. The Balaban J connectivity index is 0.000000754. The smallest absolute Gasteiger partial charge is 0.217 e. The molecule has 1 rings (SSSR count). The SMILES string of the molecule is CCCCCCCCCCCC[N+]1(C)C=CN=C1.COS(=O)(=O)[O-]. The molecule has 0 aliphatic carbocycles. The summed E-state index contributed by atoms with van der Waals surface area (Å²) in [5, 5.41) is 0. The lowest BCUT2D eigenvalue weighted by Crippen LogP contribution is -2.35. The van der Waals surface area contributed by atoms with Gasteiger partial charge in [-0.3, -0.25) is 8.67 Å². The summed E-state index contributed by atoms with van der Waals surface area (Å²) < 4.78 is 31.9. The van der Waals surface area contributed by atoms with Crippen molar-refractivity contribution in [2.45, 2.75) is 71.1 Å². The predicted octanol–water partition coefficient (Wildman–Crippen LogP) is 3.96. The molecule has 24 heavy (non-hydrogen) atoms. The van der Waals surface area contributed by atoms with E-state index >= 15 is 0 Å². The highest BCUT2D eigenvalue weighted by Gasteiger charge is 2.18. The Labute approximate surface area is 148 Å². The summed E-state index contributed by atoms with van der Waals surface area (Å²) in [6.45, 7) is 3.49. The van der Waals surface area contributed by atoms with Crippen molar-refractivity contribution in [2.75, 3.05) is 20.7 Å². The zero-order chi connectivity index (χ0) is 18.3.